The number of nitrogens with zero attached hydrogens (tertiary/aromatic N) is 1. The number of carbonyl (C=O) groups is 4. The molecule has 0 aliphatic heterocycles. The van der Waals surface area contributed by atoms with Crippen LogP contribution in [0.25, 0.3) is 0 Å². The predicted octanol–water partition coefficient (Wildman–Crippen LogP) is -0.161. The van der Waals surface area contributed by atoms with Gasteiger partial charge in [-0.15, -0.1) is 0 Å². The molecule has 0 saturated heterocycles. The van der Waals surface area contributed by atoms with E-state index >= 15 is 0 Å². The van der Waals surface area contributed by atoms with E-state index in [1.807, 2.05) is 74.5 Å². The normalized spacial score (nSPS) is 13.7. The van der Waals surface area contributed by atoms with Gasteiger partial charge in [0, 0.05) is 13.0 Å². The summed E-state index contributed by atoms with van der Waals surface area (Å²) in [6, 6.07) is 14.6. The lowest BCUT2D eigenvalue weighted by atomic mass is 10.0. The maximum Gasteiger partial charge on any atom is 0.243 e. The fraction of sp³-hybridized carbons (Fsp3) is 0.433. The Kier molecular flexibility index (Phi) is 14.0. The molecule has 12 heteroatoms. The third-order valence-corrected chi connectivity index (χ3v) is 6.50. The second-order valence-electron chi connectivity index (χ2n) is 10.7. The first kappa shape index (κ1) is 33.8. The van der Waals surface area contributed by atoms with Gasteiger partial charge in [-0.3, -0.25) is 24.2 Å². The predicted molar refractivity (Wildman–Crippen MR) is 163 cm³/mol. The van der Waals surface area contributed by atoms with Crippen LogP contribution in [0, 0.1) is 5.92 Å². The van der Waals surface area contributed by atoms with Crippen LogP contribution in [-0.4, -0.2) is 60.3 Å². The smallest absolute Gasteiger partial charge is 0.243 e. The van der Waals surface area contributed by atoms with Crippen molar-refractivity contribution in [2.45, 2.75) is 70.1 Å². The van der Waals surface area contributed by atoms with Crippen LogP contribution in [0.15, 0.2) is 65.7 Å². The van der Waals surface area contributed by atoms with Crippen molar-refractivity contribution in [2.24, 2.45) is 33.8 Å². The first-order valence-corrected chi connectivity index (χ1v) is 14.1. The Bertz CT molecular complexity index is 1190. The molecule has 0 aromatic heterocycles. The van der Waals surface area contributed by atoms with Crippen LogP contribution in [-0.2, 0) is 32.0 Å². The minimum absolute atomic E-state index is 0.0469. The van der Waals surface area contributed by atoms with Crippen molar-refractivity contribution in [1.82, 2.24) is 16.0 Å². The fourth-order valence-corrected chi connectivity index (χ4v) is 4.33. The average molecular weight is 581 g/mol. The highest BCUT2D eigenvalue weighted by atomic mass is 16.2. The maximum absolute atomic E-state index is 13.5. The Balaban J connectivity index is 2.16. The zero-order chi connectivity index (χ0) is 31.1. The van der Waals surface area contributed by atoms with Gasteiger partial charge in [-0.05, 0) is 42.7 Å². The highest BCUT2D eigenvalue weighted by Gasteiger charge is 2.30. The number of rotatable bonds is 17. The number of hydrogen-bond donors (Lipinski definition) is 7. The van der Waals surface area contributed by atoms with Gasteiger partial charge in [0.2, 0.25) is 23.6 Å². The Labute approximate surface area is 247 Å². The summed E-state index contributed by atoms with van der Waals surface area (Å²) in [6.45, 7) is 4.05. The standard InChI is InChI=1S/C30H44N8O4/c1-19(2)16-25(38-27(40)22(31)17-20-10-5-3-6-11-20)29(42)36-23(14-9-15-35-30(33)34)28(41)37-24(26(32)39)18-21-12-7-4-8-13-21/h3-8,10-13,19,22-25H,9,14-18,31H2,1-2H3,(H2,32,39)(H,36,42)(H,37,41)(H,38,40)(H4,33,34,35)/t22-,23-,24-,25+/m0/s1. The summed E-state index contributed by atoms with van der Waals surface area (Å²) in [7, 11) is 0. The summed E-state index contributed by atoms with van der Waals surface area (Å²) in [5.74, 6) is -2.39. The van der Waals surface area contributed by atoms with Gasteiger partial charge in [-0.2, -0.15) is 0 Å². The first-order chi connectivity index (χ1) is 20.0. The molecule has 0 bridgehead atoms. The lowest BCUT2D eigenvalue weighted by Crippen LogP contribution is -2.58. The van der Waals surface area contributed by atoms with Gasteiger partial charge in [0.15, 0.2) is 5.96 Å². The van der Waals surface area contributed by atoms with E-state index in [-0.39, 0.29) is 31.3 Å². The van der Waals surface area contributed by atoms with Crippen molar-refractivity contribution in [1.29, 1.82) is 0 Å². The molecule has 0 aliphatic carbocycles. The molecule has 0 aliphatic rings. The zero-order valence-electron chi connectivity index (χ0n) is 24.3. The van der Waals surface area contributed by atoms with Crippen LogP contribution >= 0.6 is 0 Å². The third-order valence-electron chi connectivity index (χ3n) is 6.50. The molecule has 11 N–H and O–H groups in total. The Hall–Kier alpha value is -4.45. The number of hydrogen-bond acceptors (Lipinski definition) is 6. The summed E-state index contributed by atoms with van der Waals surface area (Å²) in [6.07, 6.45) is 1.33. The van der Waals surface area contributed by atoms with E-state index in [0.29, 0.717) is 19.3 Å². The van der Waals surface area contributed by atoms with Crippen molar-refractivity contribution in [3.05, 3.63) is 71.8 Å². The fourth-order valence-electron chi connectivity index (χ4n) is 4.33. The number of nitrogens with one attached hydrogen (secondary N) is 3. The van der Waals surface area contributed by atoms with Crippen molar-refractivity contribution in [2.75, 3.05) is 6.54 Å². The molecular weight excluding hydrogens is 536 g/mol. The summed E-state index contributed by atoms with van der Waals surface area (Å²) in [5, 5.41) is 8.16. The molecule has 42 heavy (non-hydrogen) atoms. The number of benzene rings is 2. The molecule has 2 aromatic rings. The maximum atomic E-state index is 13.5. The summed E-state index contributed by atoms with van der Waals surface area (Å²) in [5.41, 5.74) is 24.2. The van der Waals surface area contributed by atoms with Gasteiger partial charge in [-0.25, -0.2) is 0 Å². The van der Waals surface area contributed by atoms with E-state index < -0.39 is 47.8 Å². The van der Waals surface area contributed by atoms with E-state index in [0.717, 1.165) is 11.1 Å². The van der Waals surface area contributed by atoms with Crippen LogP contribution in [0.2, 0.25) is 0 Å². The van der Waals surface area contributed by atoms with Gasteiger partial charge in [0.1, 0.15) is 18.1 Å². The third kappa shape index (κ3) is 12.4. The van der Waals surface area contributed by atoms with Crippen LogP contribution in [0.3, 0.4) is 0 Å². The monoisotopic (exact) mass is 580 g/mol. The minimum Gasteiger partial charge on any atom is -0.370 e. The van der Waals surface area contributed by atoms with E-state index in [4.69, 9.17) is 22.9 Å². The molecule has 228 valence electrons. The highest BCUT2D eigenvalue weighted by Crippen LogP contribution is 2.10. The van der Waals surface area contributed by atoms with Crippen LogP contribution < -0.4 is 38.9 Å². The lowest BCUT2D eigenvalue weighted by molar-refractivity contribution is -0.133. The molecule has 4 amide bonds. The van der Waals surface area contributed by atoms with Gasteiger partial charge in [-0.1, -0.05) is 74.5 Å². The number of amides is 4. The van der Waals surface area contributed by atoms with E-state index in [1.54, 1.807) is 0 Å². The average Bonchev–Trinajstić information content (AvgIpc) is 2.94. The van der Waals surface area contributed by atoms with Crippen LogP contribution in [0.1, 0.15) is 44.2 Å². The highest BCUT2D eigenvalue weighted by molar-refractivity contribution is 5.94. The molecule has 2 rings (SSSR count). The molecule has 0 unspecified atom stereocenters. The molecule has 4 atom stereocenters. The first-order valence-electron chi connectivity index (χ1n) is 14.1. The number of aliphatic imine (C=N–C) groups is 1. The Morgan fingerprint density at radius 2 is 1.21 bits per heavy atom. The van der Waals surface area contributed by atoms with Crippen LogP contribution in [0.5, 0.6) is 0 Å². The molecule has 2 aromatic carbocycles. The summed E-state index contributed by atoms with van der Waals surface area (Å²) in [4.78, 5) is 55.9. The van der Waals surface area contributed by atoms with Gasteiger partial charge in [0.25, 0.3) is 0 Å². The molecule has 0 spiro atoms. The lowest BCUT2D eigenvalue weighted by Gasteiger charge is -2.26. The Morgan fingerprint density at radius 3 is 1.74 bits per heavy atom. The molecule has 0 fully saturated rings. The quantitative estimate of drug-likeness (QED) is 0.0760. The van der Waals surface area contributed by atoms with E-state index in [9.17, 15) is 19.2 Å². The number of nitrogens with two attached hydrogens (primary N) is 4. The number of guanidine groups is 1. The molecule has 0 saturated carbocycles. The Morgan fingerprint density at radius 1 is 0.714 bits per heavy atom. The van der Waals surface area contributed by atoms with E-state index in [2.05, 4.69) is 20.9 Å². The van der Waals surface area contributed by atoms with Crippen molar-refractivity contribution < 1.29 is 19.2 Å². The van der Waals surface area contributed by atoms with Gasteiger partial charge < -0.3 is 38.9 Å². The van der Waals surface area contributed by atoms with E-state index in [1.165, 1.54) is 0 Å². The topological polar surface area (TPSA) is 221 Å². The van der Waals surface area contributed by atoms with Gasteiger partial charge >= 0.3 is 0 Å². The van der Waals surface area contributed by atoms with Gasteiger partial charge in [0.05, 0.1) is 6.04 Å². The van der Waals surface area contributed by atoms with Crippen molar-refractivity contribution in [3.63, 3.8) is 0 Å². The molecule has 12 nitrogen and oxygen atoms in total. The van der Waals surface area contributed by atoms with Crippen molar-refractivity contribution in [3.8, 4) is 0 Å². The SMILES string of the molecule is CC(C)C[C@@H](NC(=O)[C@@H](N)Cc1ccccc1)C(=O)N[C@@H](CCCN=C(N)N)C(=O)N[C@@H](Cc1ccccc1)C(N)=O. The largest absolute Gasteiger partial charge is 0.370 e. The summed E-state index contributed by atoms with van der Waals surface area (Å²) >= 11 is 0. The second kappa shape index (κ2) is 17.4. The zero-order valence-corrected chi connectivity index (χ0v) is 24.3. The second-order valence-corrected chi connectivity index (χ2v) is 10.7. The molecule has 0 radical (unpaired) electrons. The molecular formula is C30H44N8O4. The summed E-state index contributed by atoms with van der Waals surface area (Å²) < 4.78 is 0. The van der Waals surface area contributed by atoms with Crippen molar-refractivity contribution >= 4 is 29.6 Å². The van der Waals surface area contributed by atoms with Crippen LogP contribution in [0.4, 0.5) is 0 Å². The molecule has 0 heterocycles. The number of primary amides is 1. The number of carbonyl (C=O) groups excluding carboxylic acids is 4. The minimum atomic E-state index is -1.05.